The van der Waals surface area contributed by atoms with Crippen LogP contribution in [0.1, 0.15) is 23.4 Å². The lowest BCUT2D eigenvalue weighted by Crippen LogP contribution is -2.43. The van der Waals surface area contributed by atoms with Gasteiger partial charge in [0.15, 0.2) is 0 Å². The minimum Gasteiger partial charge on any atom is -0.315 e. The summed E-state index contributed by atoms with van der Waals surface area (Å²) in [6, 6.07) is 0.695. The van der Waals surface area contributed by atoms with E-state index >= 15 is 0 Å². The minimum absolute atomic E-state index is 0.695. The summed E-state index contributed by atoms with van der Waals surface area (Å²) in [7, 11) is 2.22. The number of aryl methyl sites for hydroxylation is 1. The molecule has 1 fully saturated rings. The summed E-state index contributed by atoms with van der Waals surface area (Å²) in [6.07, 6.45) is 2.62. The number of likely N-dealkylation sites (N-methyl/N-ethyl adjacent to an activating group) is 1. The smallest absolute Gasteiger partial charge is 0.0798 e. The van der Waals surface area contributed by atoms with E-state index in [1.54, 1.807) is 11.3 Å². The van der Waals surface area contributed by atoms with Crippen molar-refractivity contribution in [2.45, 2.75) is 32.4 Å². The van der Waals surface area contributed by atoms with Gasteiger partial charge in [0.25, 0.3) is 0 Å². The predicted octanol–water partition coefficient (Wildman–Crippen LogP) is 1.64. The summed E-state index contributed by atoms with van der Waals surface area (Å²) in [6.45, 7) is 5.46. The summed E-state index contributed by atoms with van der Waals surface area (Å²) in [5, 5.41) is 3.46. The first-order valence-electron chi connectivity index (χ1n) is 5.57. The van der Waals surface area contributed by atoms with Crippen LogP contribution in [0.5, 0.6) is 0 Å². The number of rotatable bonds is 3. The van der Waals surface area contributed by atoms with Gasteiger partial charge in [0, 0.05) is 24.0 Å². The third-order valence-corrected chi connectivity index (χ3v) is 4.05. The van der Waals surface area contributed by atoms with Gasteiger partial charge in [-0.25, -0.2) is 4.98 Å². The molecule has 0 aromatic carbocycles. The molecule has 1 saturated heterocycles. The van der Waals surface area contributed by atoms with Crippen LogP contribution in [0.25, 0.3) is 0 Å². The van der Waals surface area contributed by atoms with Crippen molar-refractivity contribution in [1.29, 1.82) is 0 Å². The molecule has 1 aliphatic rings. The standard InChI is InChI=1S/C11H19N3S/c1-9-11(15-8-13-9)7-14(2)10-4-3-5-12-6-10/h8,10,12H,3-7H2,1-2H3. The van der Waals surface area contributed by atoms with Crippen LogP contribution in [0, 0.1) is 6.92 Å². The molecule has 0 amide bonds. The zero-order valence-electron chi connectivity index (χ0n) is 9.49. The zero-order valence-corrected chi connectivity index (χ0v) is 10.3. The molecule has 2 heterocycles. The number of hydrogen-bond acceptors (Lipinski definition) is 4. The lowest BCUT2D eigenvalue weighted by Gasteiger charge is -2.31. The van der Waals surface area contributed by atoms with E-state index in [1.165, 1.54) is 30.0 Å². The maximum atomic E-state index is 4.29. The highest BCUT2D eigenvalue weighted by Crippen LogP contribution is 2.17. The van der Waals surface area contributed by atoms with Crippen molar-refractivity contribution in [2.24, 2.45) is 0 Å². The molecule has 2 rings (SSSR count). The minimum atomic E-state index is 0.695. The largest absolute Gasteiger partial charge is 0.315 e. The summed E-state index contributed by atoms with van der Waals surface area (Å²) < 4.78 is 0. The third-order valence-electron chi connectivity index (χ3n) is 3.13. The fourth-order valence-electron chi connectivity index (χ4n) is 2.04. The van der Waals surface area contributed by atoms with Gasteiger partial charge in [-0.05, 0) is 33.4 Å². The first-order chi connectivity index (χ1) is 7.27. The molecule has 0 radical (unpaired) electrons. The van der Waals surface area contributed by atoms with E-state index in [1.807, 2.05) is 5.51 Å². The first-order valence-corrected chi connectivity index (χ1v) is 6.45. The highest BCUT2D eigenvalue weighted by atomic mass is 32.1. The normalized spacial score (nSPS) is 22.2. The Kier molecular flexibility index (Phi) is 3.72. The summed E-state index contributed by atoms with van der Waals surface area (Å²) >= 11 is 1.77. The Bertz CT molecular complexity index is 305. The molecule has 4 heteroatoms. The van der Waals surface area contributed by atoms with Crippen molar-refractivity contribution in [3.8, 4) is 0 Å². The van der Waals surface area contributed by atoms with Gasteiger partial charge >= 0.3 is 0 Å². The monoisotopic (exact) mass is 225 g/mol. The molecule has 0 bridgehead atoms. The number of hydrogen-bond donors (Lipinski definition) is 1. The van der Waals surface area contributed by atoms with E-state index in [9.17, 15) is 0 Å². The second kappa shape index (κ2) is 5.05. The van der Waals surface area contributed by atoms with Crippen molar-refractivity contribution in [1.82, 2.24) is 15.2 Å². The average molecular weight is 225 g/mol. The molecule has 0 spiro atoms. The first kappa shape index (κ1) is 11.0. The van der Waals surface area contributed by atoms with Crippen molar-refractivity contribution in [2.75, 3.05) is 20.1 Å². The Morgan fingerprint density at radius 3 is 3.13 bits per heavy atom. The number of piperidine rings is 1. The van der Waals surface area contributed by atoms with Crippen LogP contribution in [-0.4, -0.2) is 36.1 Å². The second-order valence-electron chi connectivity index (χ2n) is 4.28. The molecule has 3 nitrogen and oxygen atoms in total. The maximum Gasteiger partial charge on any atom is 0.0798 e. The summed E-state index contributed by atoms with van der Waals surface area (Å²) in [4.78, 5) is 8.15. The Hall–Kier alpha value is -0.450. The number of nitrogens with one attached hydrogen (secondary N) is 1. The van der Waals surface area contributed by atoms with E-state index in [0.717, 1.165) is 13.1 Å². The van der Waals surface area contributed by atoms with Crippen molar-refractivity contribution in [3.05, 3.63) is 16.1 Å². The number of nitrogens with zero attached hydrogens (tertiary/aromatic N) is 2. The molecular formula is C11H19N3S. The highest BCUT2D eigenvalue weighted by molar-refractivity contribution is 7.09. The summed E-state index contributed by atoms with van der Waals surface area (Å²) in [5.41, 5.74) is 3.13. The summed E-state index contributed by atoms with van der Waals surface area (Å²) in [5.74, 6) is 0. The molecule has 1 aromatic rings. The predicted molar refractivity (Wildman–Crippen MR) is 64.2 cm³/mol. The zero-order chi connectivity index (χ0) is 10.7. The fraction of sp³-hybridized carbons (Fsp3) is 0.727. The molecule has 1 unspecified atom stereocenters. The molecule has 1 aromatic heterocycles. The third kappa shape index (κ3) is 2.77. The lowest BCUT2D eigenvalue weighted by molar-refractivity contribution is 0.197. The molecule has 1 N–H and O–H groups in total. The van der Waals surface area contributed by atoms with E-state index in [0.29, 0.717) is 6.04 Å². The van der Waals surface area contributed by atoms with Crippen LogP contribution in [0.4, 0.5) is 0 Å². The van der Waals surface area contributed by atoms with E-state index in [2.05, 4.69) is 29.2 Å². The van der Waals surface area contributed by atoms with Crippen LogP contribution in [0.15, 0.2) is 5.51 Å². The van der Waals surface area contributed by atoms with E-state index in [4.69, 9.17) is 0 Å². The Balaban J connectivity index is 1.91. The van der Waals surface area contributed by atoms with Gasteiger partial charge in [-0.2, -0.15) is 0 Å². The van der Waals surface area contributed by atoms with Gasteiger partial charge in [-0.15, -0.1) is 11.3 Å². The topological polar surface area (TPSA) is 28.2 Å². The van der Waals surface area contributed by atoms with Crippen LogP contribution in [0.3, 0.4) is 0 Å². The van der Waals surface area contributed by atoms with Gasteiger partial charge < -0.3 is 5.32 Å². The SMILES string of the molecule is Cc1ncsc1CN(C)C1CCCNC1. The van der Waals surface area contributed by atoms with Crippen molar-refractivity contribution in [3.63, 3.8) is 0 Å². The lowest BCUT2D eigenvalue weighted by atomic mass is 10.1. The average Bonchev–Trinajstić information content (AvgIpc) is 2.66. The molecule has 0 aliphatic carbocycles. The van der Waals surface area contributed by atoms with Gasteiger partial charge in [-0.1, -0.05) is 0 Å². The van der Waals surface area contributed by atoms with Gasteiger partial charge in [0.2, 0.25) is 0 Å². The quantitative estimate of drug-likeness (QED) is 0.847. The highest BCUT2D eigenvalue weighted by Gasteiger charge is 2.18. The molecule has 0 saturated carbocycles. The maximum absolute atomic E-state index is 4.29. The Labute approximate surface area is 95.5 Å². The molecule has 84 valence electrons. The molecular weight excluding hydrogens is 206 g/mol. The number of thiazole rings is 1. The van der Waals surface area contributed by atoms with Gasteiger partial charge in [0.1, 0.15) is 0 Å². The molecule has 1 aliphatic heterocycles. The van der Waals surface area contributed by atoms with Gasteiger partial charge in [0.05, 0.1) is 11.2 Å². The van der Waals surface area contributed by atoms with Crippen LogP contribution < -0.4 is 5.32 Å². The fourth-order valence-corrected chi connectivity index (χ4v) is 2.88. The number of aromatic nitrogens is 1. The van der Waals surface area contributed by atoms with E-state index < -0.39 is 0 Å². The Morgan fingerprint density at radius 1 is 1.67 bits per heavy atom. The molecule has 15 heavy (non-hydrogen) atoms. The van der Waals surface area contributed by atoms with Gasteiger partial charge in [-0.3, -0.25) is 4.90 Å². The van der Waals surface area contributed by atoms with Crippen molar-refractivity contribution < 1.29 is 0 Å². The second-order valence-corrected chi connectivity index (χ2v) is 5.22. The van der Waals surface area contributed by atoms with Crippen molar-refractivity contribution >= 4 is 11.3 Å². The van der Waals surface area contributed by atoms with Crippen LogP contribution >= 0.6 is 11.3 Å². The van der Waals surface area contributed by atoms with E-state index in [-0.39, 0.29) is 0 Å². The van der Waals surface area contributed by atoms with Crippen LogP contribution in [0.2, 0.25) is 0 Å². The molecule has 1 atom stereocenters. The van der Waals surface area contributed by atoms with Crippen LogP contribution in [-0.2, 0) is 6.54 Å². The Morgan fingerprint density at radius 2 is 2.53 bits per heavy atom.